The first-order chi connectivity index (χ1) is 28.4. The van der Waals surface area contributed by atoms with E-state index in [0.29, 0.717) is 12.4 Å². The lowest BCUT2D eigenvalue weighted by atomic mass is 10.0. The Morgan fingerprint density at radius 1 is 0.726 bits per heavy atom. The van der Waals surface area contributed by atoms with Gasteiger partial charge in [-0.15, -0.1) is 12.4 Å². The maximum absolute atomic E-state index is 14.1. The van der Waals surface area contributed by atoms with Gasteiger partial charge in [0.05, 0.1) is 41.1 Å². The summed E-state index contributed by atoms with van der Waals surface area (Å²) in [5.41, 5.74) is -1.48. The monoisotopic (exact) mass is 906 g/mol. The number of aromatic nitrogens is 4. The molecular weight excluding hydrogens is 866 g/mol. The molecule has 0 bridgehead atoms. The number of nitrogens with zero attached hydrogens (tertiary/aromatic N) is 5. The highest BCUT2D eigenvalue weighted by molar-refractivity contribution is 5.88. The van der Waals surface area contributed by atoms with Gasteiger partial charge in [-0.2, -0.15) is 35.1 Å². The number of ketones is 2. The zero-order valence-electron chi connectivity index (χ0n) is 33.3. The van der Waals surface area contributed by atoms with E-state index in [4.69, 9.17) is 4.74 Å². The molecule has 0 saturated carbocycles. The van der Waals surface area contributed by atoms with E-state index >= 15 is 0 Å². The second-order valence-electron chi connectivity index (χ2n) is 15.4. The van der Waals surface area contributed by atoms with Crippen LogP contribution in [0.15, 0.2) is 60.9 Å². The first-order valence-electron chi connectivity index (χ1n) is 18.9. The third kappa shape index (κ3) is 13.9. The van der Waals surface area contributed by atoms with Gasteiger partial charge in [-0.05, 0) is 70.0 Å². The van der Waals surface area contributed by atoms with Gasteiger partial charge in [-0.1, -0.05) is 0 Å². The molecule has 10 nitrogen and oxygen atoms in total. The molecule has 2 saturated heterocycles. The first kappa shape index (κ1) is 49.4. The number of pyridine rings is 4. The Balaban J connectivity index is 0.000000275. The molecule has 6 rings (SSSR count). The van der Waals surface area contributed by atoms with Crippen molar-refractivity contribution in [1.82, 2.24) is 30.2 Å². The van der Waals surface area contributed by atoms with Crippen molar-refractivity contribution in [2.75, 3.05) is 13.1 Å². The van der Waals surface area contributed by atoms with Gasteiger partial charge in [0.2, 0.25) is 11.9 Å². The van der Waals surface area contributed by atoms with Crippen molar-refractivity contribution in [1.29, 1.82) is 0 Å². The van der Waals surface area contributed by atoms with E-state index in [-0.39, 0.29) is 104 Å². The smallest absolute Gasteiger partial charge is 0.417 e. The Morgan fingerprint density at radius 3 is 1.61 bits per heavy atom. The number of carbonyl (C=O) groups is 3. The predicted molar refractivity (Wildman–Crippen MR) is 206 cm³/mol. The van der Waals surface area contributed by atoms with Crippen molar-refractivity contribution in [3.63, 3.8) is 0 Å². The second-order valence-corrected chi connectivity index (χ2v) is 15.4. The molecule has 0 radical (unpaired) electrons. The summed E-state index contributed by atoms with van der Waals surface area (Å²) in [4.78, 5) is 53.2. The fourth-order valence-corrected chi connectivity index (χ4v) is 6.51. The second kappa shape index (κ2) is 20.3. The number of carbonyl (C=O) groups excluding carboxylic acids is 3. The number of hydrogen-bond acceptors (Lipinski definition) is 9. The fraction of sp³-hybridized carbons (Fsp3) is 0.439. The van der Waals surface area contributed by atoms with E-state index in [1.807, 2.05) is 0 Å². The summed E-state index contributed by atoms with van der Waals surface area (Å²) in [7, 11) is 0. The van der Waals surface area contributed by atoms with E-state index in [1.54, 1.807) is 20.8 Å². The van der Waals surface area contributed by atoms with Gasteiger partial charge in [-0.3, -0.25) is 24.5 Å². The number of nitrogens with one attached hydrogen (secondary N) is 1. The van der Waals surface area contributed by atoms with E-state index in [0.717, 1.165) is 41.3 Å². The minimum atomic E-state index is -4.55. The molecule has 0 unspecified atom stereocenters. The number of amides is 1. The zero-order valence-corrected chi connectivity index (χ0v) is 34.1. The molecule has 62 heavy (non-hydrogen) atoms. The normalized spacial score (nSPS) is 19.0. The summed E-state index contributed by atoms with van der Waals surface area (Å²) in [5.74, 6) is -2.32. The summed E-state index contributed by atoms with van der Waals surface area (Å²) in [6.45, 7) is 4.85. The van der Waals surface area contributed by atoms with Crippen LogP contribution in [0.2, 0.25) is 0 Å². The Morgan fingerprint density at radius 2 is 1.21 bits per heavy atom. The standard InChI is InChI=1S/C23H24F5N3O3.C18H16F5N3O.ClH/c1-22(2,3)34-21(33)31-12-15(24)10-18(31)19(32)7-5-16-8-13(9-20(25)30-16)17-6-4-14(11-29-17)23(26,27)28;19-12-7-15(25-9-12)16(27)4-2-13-5-10(6-17(20)26-13)14-3-1-11(8-24-14)18(21,22)23;/h4,6,8-9,11,15,18H,5,7,10,12H2,1-3H3;1,3,5-6,8,12,15,25H,2,4,7,9H2;1H/t15-,18+;12-,15+;/m11./s1. The average Bonchev–Trinajstić information content (AvgIpc) is 3.80. The lowest BCUT2D eigenvalue weighted by Crippen LogP contribution is -2.43. The third-order valence-electron chi connectivity index (χ3n) is 9.44. The molecule has 0 aliphatic carbocycles. The van der Waals surface area contributed by atoms with E-state index in [1.165, 1.54) is 12.1 Å². The molecule has 21 heteroatoms. The summed E-state index contributed by atoms with van der Waals surface area (Å²) >= 11 is 0. The van der Waals surface area contributed by atoms with Crippen LogP contribution in [0.4, 0.5) is 48.7 Å². The number of hydrogen-bond donors (Lipinski definition) is 1. The van der Waals surface area contributed by atoms with Crippen LogP contribution < -0.4 is 5.32 Å². The number of likely N-dealkylation sites (tertiary alicyclic amines) is 1. The molecule has 4 atom stereocenters. The number of ether oxygens (including phenoxy) is 1. The van der Waals surface area contributed by atoms with Crippen molar-refractivity contribution in [2.24, 2.45) is 0 Å². The van der Waals surface area contributed by atoms with Crippen LogP contribution in [0.3, 0.4) is 0 Å². The molecular formula is C41H41ClF10N6O4. The molecule has 4 aromatic rings. The SMILES string of the molecule is CC(C)(C)OC(=O)N1C[C@H](F)C[C@H]1C(=O)CCc1cc(-c2ccc(C(F)(F)F)cn2)cc(F)n1.Cl.O=C(CCc1cc(-c2ccc(C(F)(F)F)cn2)cc(F)n1)[C@@H]1C[C@@H](F)CN1. The number of halogens is 11. The van der Waals surface area contributed by atoms with Crippen molar-refractivity contribution in [3.05, 3.63) is 95.3 Å². The largest absolute Gasteiger partial charge is 0.444 e. The molecule has 0 spiro atoms. The molecule has 336 valence electrons. The van der Waals surface area contributed by atoms with E-state index < -0.39 is 77.3 Å². The molecule has 6 heterocycles. The van der Waals surface area contributed by atoms with Crippen molar-refractivity contribution >= 4 is 30.1 Å². The summed E-state index contributed by atoms with van der Waals surface area (Å²) < 4.78 is 136. The van der Waals surface area contributed by atoms with Crippen LogP contribution in [0.5, 0.6) is 0 Å². The maximum Gasteiger partial charge on any atom is 0.417 e. The van der Waals surface area contributed by atoms with Crippen LogP contribution >= 0.6 is 12.4 Å². The summed E-state index contributed by atoms with van der Waals surface area (Å²) in [5, 5.41) is 2.79. The van der Waals surface area contributed by atoms with Gasteiger partial charge in [0, 0.05) is 79.3 Å². The van der Waals surface area contributed by atoms with Crippen LogP contribution in [-0.4, -0.2) is 85.6 Å². The van der Waals surface area contributed by atoms with E-state index in [9.17, 15) is 58.3 Å². The number of rotatable bonds is 10. The van der Waals surface area contributed by atoms with E-state index in [2.05, 4.69) is 25.3 Å². The lowest BCUT2D eigenvalue weighted by molar-refractivity contribution is -0.138. The molecule has 2 fully saturated rings. The lowest BCUT2D eigenvalue weighted by Gasteiger charge is -2.27. The van der Waals surface area contributed by atoms with Gasteiger partial charge in [0.15, 0.2) is 5.78 Å². The third-order valence-corrected chi connectivity index (χ3v) is 9.44. The average molecular weight is 907 g/mol. The maximum atomic E-state index is 14.1. The van der Waals surface area contributed by atoms with Crippen LogP contribution in [0.1, 0.15) is 69.0 Å². The topological polar surface area (TPSA) is 127 Å². The fourth-order valence-electron chi connectivity index (χ4n) is 6.51. The minimum Gasteiger partial charge on any atom is -0.444 e. The number of Topliss-reactive ketones (excluding diaryl/α,β-unsaturated/α-hetero) is 2. The first-order valence-corrected chi connectivity index (χ1v) is 18.9. The quantitative estimate of drug-likeness (QED) is 0.123. The van der Waals surface area contributed by atoms with Crippen LogP contribution in [-0.2, 0) is 39.5 Å². The van der Waals surface area contributed by atoms with Gasteiger partial charge in [-0.25, -0.2) is 23.5 Å². The minimum absolute atomic E-state index is 0. The summed E-state index contributed by atoms with van der Waals surface area (Å²) in [6, 6.07) is 7.39. The van der Waals surface area contributed by atoms with Crippen molar-refractivity contribution in [2.45, 2.75) is 102 Å². The van der Waals surface area contributed by atoms with Gasteiger partial charge in [0.1, 0.15) is 23.7 Å². The Hall–Kier alpha value is -5.24. The van der Waals surface area contributed by atoms with Crippen LogP contribution in [0, 0.1) is 11.9 Å². The Bertz CT molecular complexity index is 2190. The molecule has 2 aliphatic rings. The molecule has 1 amide bonds. The zero-order chi connectivity index (χ0) is 44.9. The Labute approximate surface area is 355 Å². The predicted octanol–water partition coefficient (Wildman–Crippen LogP) is 9.08. The highest BCUT2D eigenvalue weighted by atomic mass is 35.5. The van der Waals surface area contributed by atoms with Gasteiger partial charge in [0.25, 0.3) is 0 Å². The van der Waals surface area contributed by atoms with Crippen molar-refractivity contribution < 1.29 is 63.0 Å². The molecule has 0 aromatic carbocycles. The highest BCUT2D eigenvalue weighted by Gasteiger charge is 2.41. The van der Waals surface area contributed by atoms with Crippen molar-refractivity contribution in [3.8, 4) is 22.5 Å². The molecule has 2 aliphatic heterocycles. The summed E-state index contributed by atoms with van der Waals surface area (Å²) in [6.07, 6.45) is -10.9. The Kier molecular flexibility index (Phi) is 16.2. The van der Waals surface area contributed by atoms with Gasteiger partial charge >= 0.3 is 18.4 Å². The number of alkyl halides is 8. The number of aryl methyl sites for hydroxylation is 2. The van der Waals surface area contributed by atoms with Crippen LogP contribution in [0.25, 0.3) is 22.5 Å². The molecule has 1 N–H and O–H groups in total. The van der Waals surface area contributed by atoms with Gasteiger partial charge < -0.3 is 10.1 Å². The highest BCUT2D eigenvalue weighted by Crippen LogP contribution is 2.32. The molecule has 4 aromatic heterocycles.